The number of aromatic nitrogens is 2. The van der Waals surface area contributed by atoms with Crippen LogP contribution in [-0.2, 0) is 6.42 Å². The van der Waals surface area contributed by atoms with Crippen molar-refractivity contribution in [2.24, 2.45) is 5.92 Å². The summed E-state index contributed by atoms with van der Waals surface area (Å²) in [5, 5.41) is 1.09. The second kappa shape index (κ2) is 6.90. The van der Waals surface area contributed by atoms with Crippen molar-refractivity contribution in [3.63, 3.8) is 0 Å². The molecule has 0 saturated carbocycles. The van der Waals surface area contributed by atoms with Crippen molar-refractivity contribution >= 4 is 61.7 Å². The van der Waals surface area contributed by atoms with Gasteiger partial charge in [0.1, 0.15) is 5.15 Å². The first-order valence-corrected chi connectivity index (χ1v) is 8.68. The van der Waals surface area contributed by atoms with E-state index in [4.69, 9.17) is 23.2 Å². The summed E-state index contributed by atoms with van der Waals surface area (Å²) in [7, 11) is 0. The quantitative estimate of drug-likeness (QED) is 0.392. The van der Waals surface area contributed by atoms with Gasteiger partial charge in [0.15, 0.2) is 5.82 Å². The van der Waals surface area contributed by atoms with Gasteiger partial charge in [-0.25, -0.2) is 9.97 Å². The second-order valence-electron chi connectivity index (χ2n) is 4.82. The minimum absolute atomic E-state index is 0.474. The van der Waals surface area contributed by atoms with Crippen molar-refractivity contribution in [1.29, 1.82) is 0 Å². The van der Waals surface area contributed by atoms with Crippen molar-refractivity contribution < 1.29 is 0 Å². The third-order valence-corrected chi connectivity index (χ3v) is 5.20. The number of rotatable bonds is 3. The van der Waals surface area contributed by atoms with Gasteiger partial charge in [-0.05, 0) is 53.1 Å². The first-order chi connectivity index (χ1) is 9.38. The Hall–Kier alpha value is 0.0900. The maximum Gasteiger partial charge on any atom is 0.162 e. The Bertz CT molecular complexity index is 647. The van der Waals surface area contributed by atoms with Crippen LogP contribution in [0.25, 0.3) is 11.4 Å². The van der Waals surface area contributed by atoms with E-state index in [1.807, 2.05) is 18.2 Å². The van der Waals surface area contributed by atoms with Gasteiger partial charge >= 0.3 is 0 Å². The van der Waals surface area contributed by atoms with Crippen molar-refractivity contribution in [3.05, 3.63) is 42.1 Å². The lowest BCUT2D eigenvalue weighted by Crippen LogP contribution is -2.04. The topological polar surface area (TPSA) is 25.8 Å². The van der Waals surface area contributed by atoms with Crippen LogP contribution < -0.4 is 0 Å². The van der Waals surface area contributed by atoms with Crippen LogP contribution in [-0.4, -0.2) is 9.97 Å². The molecule has 0 aliphatic heterocycles. The smallest absolute Gasteiger partial charge is 0.162 e. The van der Waals surface area contributed by atoms with Crippen LogP contribution in [0.2, 0.25) is 10.2 Å². The minimum Gasteiger partial charge on any atom is -0.232 e. The molecule has 6 heteroatoms. The average Bonchev–Trinajstić information content (AvgIpc) is 2.37. The molecule has 20 heavy (non-hydrogen) atoms. The van der Waals surface area contributed by atoms with E-state index in [1.165, 1.54) is 0 Å². The number of benzene rings is 1. The van der Waals surface area contributed by atoms with E-state index in [2.05, 4.69) is 62.3 Å². The average molecular weight is 486 g/mol. The van der Waals surface area contributed by atoms with E-state index in [9.17, 15) is 0 Å². The highest BCUT2D eigenvalue weighted by Crippen LogP contribution is 2.31. The lowest BCUT2D eigenvalue weighted by molar-refractivity contribution is 0.632. The molecule has 2 nitrogen and oxygen atoms in total. The van der Waals surface area contributed by atoms with Gasteiger partial charge < -0.3 is 0 Å². The first kappa shape index (κ1) is 16.5. The van der Waals surface area contributed by atoms with Crippen molar-refractivity contribution in [1.82, 2.24) is 9.97 Å². The van der Waals surface area contributed by atoms with E-state index in [-0.39, 0.29) is 0 Å². The summed E-state index contributed by atoms with van der Waals surface area (Å²) in [6.07, 6.45) is 0.860. The fourth-order valence-electron chi connectivity index (χ4n) is 1.77. The molecule has 2 aromatic rings. The molecule has 0 fully saturated rings. The maximum atomic E-state index is 6.24. The Morgan fingerprint density at radius 3 is 2.60 bits per heavy atom. The van der Waals surface area contributed by atoms with Crippen molar-refractivity contribution in [3.8, 4) is 11.4 Å². The zero-order chi connectivity index (χ0) is 14.9. The summed E-state index contributed by atoms with van der Waals surface area (Å²) in [6, 6.07) is 5.60. The molecule has 0 unspecified atom stereocenters. The van der Waals surface area contributed by atoms with Crippen molar-refractivity contribution in [2.75, 3.05) is 0 Å². The van der Waals surface area contributed by atoms with E-state index in [0.717, 1.165) is 25.7 Å². The molecule has 2 rings (SSSR count). The van der Waals surface area contributed by atoms with Crippen LogP contribution in [0.4, 0.5) is 0 Å². The third kappa shape index (κ3) is 3.84. The Balaban J connectivity index is 2.57. The van der Waals surface area contributed by atoms with Crippen LogP contribution in [0.1, 0.15) is 19.5 Å². The molecule has 0 N–H and O–H groups in total. The molecule has 106 valence electrons. The molecule has 0 spiro atoms. The minimum atomic E-state index is 0.474. The Labute approximate surface area is 150 Å². The third-order valence-electron chi connectivity index (χ3n) is 2.65. The predicted molar refractivity (Wildman–Crippen MR) is 96.4 cm³/mol. The zero-order valence-electron chi connectivity index (χ0n) is 10.9. The highest BCUT2D eigenvalue weighted by molar-refractivity contribution is 14.1. The van der Waals surface area contributed by atoms with Gasteiger partial charge in [-0.2, -0.15) is 0 Å². The highest BCUT2D eigenvalue weighted by Gasteiger charge is 2.15. The van der Waals surface area contributed by atoms with Crippen molar-refractivity contribution in [2.45, 2.75) is 20.3 Å². The normalized spacial score (nSPS) is 11.2. The standard InChI is InChI=1S/C14H12BrCl2IN2/c1-7(2)5-11-12(18)13(17)20-14(19-11)9-6-8(15)3-4-10(9)16/h3-4,6-7H,5H2,1-2H3. The van der Waals surface area contributed by atoms with E-state index in [0.29, 0.717) is 21.9 Å². The number of halogens is 4. The zero-order valence-corrected chi connectivity index (χ0v) is 16.2. The largest absolute Gasteiger partial charge is 0.232 e. The monoisotopic (exact) mass is 484 g/mol. The molecule has 1 aromatic carbocycles. The molecule has 0 radical (unpaired) electrons. The number of hydrogen-bond donors (Lipinski definition) is 0. The number of nitrogens with zero attached hydrogens (tertiary/aromatic N) is 2. The van der Waals surface area contributed by atoms with E-state index < -0.39 is 0 Å². The summed E-state index contributed by atoms with van der Waals surface area (Å²) >= 11 is 18.1. The second-order valence-corrected chi connectivity index (χ2v) is 7.58. The molecule has 0 bridgehead atoms. The molecule has 0 amide bonds. The molecule has 0 aliphatic carbocycles. The Morgan fingerprint density at radius 2 is 1.95 bits per heavy atom. The van der Waals surface area contributed by atoms with Gasteiger partial charge in [0, 0.05) is 10.0 Å². The molecule has 1 aromatic heterocycles. The van der Waals surface area contributed by atoms with Gasteiger partial charge in [0.05, 0.1) is 14.3 Å². The predicted octanol–water partition coefficient (Wildman–Crippen LogP) is 6.02. The molecule has 0 atom stereocenters. The molecule has 0 aliphatic rings. The molecule has 0 saturated heterocycles. The van der Waals surface area contributed by atoms with Gasteiger partial charge in [-0.1, -0.05) is 53.0 Å². The Morgan fingerprint density at radius 1 is 1.25 bits per heavy atom. The van der Waals surface area contributed by atoms with Crippen LogP contribution in [0, 0.1) is 9.49 Å². The fraction of sp³-hybridized carbons (Fsp3) is 0.286. The Kier molecular flexibility index (Phi) is 5.68. The summed E-state index contributed by atoms with van der Waals surface area (Å²) in [4.78, 5) is 8.99. The van der Waals surface area contributed by atoms with Crippen LogP contribution >= 0.6 is 61.7 Å². The summed E-state index contributed by atoms with van der Waals surface area (Å²) in [5.74, 6) is 1.07. The van der Waals surface area contributed by atoms with Gasteiger partial charge in [0.25, 0.3) is 0 Å². The molecule has 1 heterocycles. The van der Waals surface area contributed by atoms with Gasteiger partial charge in [-0.3, -0.25) is 0 Å². The van der Waals surface area contributed by atoms with Gasteiger partial charge in [-0.15, -0.1) is 0 Å². The van der Waals surface area contributed by atoms with E-state index in [1.54, 1.807) is 0 Å². The molecular formula is C14H12BrCl2IN2. The van der Waals surface area contributed by atoms with Crippen LogP contribution in [0.3, 0.4) is 0 Å². The van der Waals surface area contributed by atoms with Crippen LogP contribution in [0.15, 0.2) is 22.7 Å². The van der Waals surface area contributed by atoms with E-state index >= 15 is 0 Å². The number of hydrogen-bond acceptors (Lipinski definition) is 2. The molecular weight excluding hydrogens is 474 g/mol. The van der Waals surface area contributed by atoms with Gasteiger partial charge in [0.2, 0.25) is 0 Å². The SMILES string of the molecule is CC(C)Cc1nc(-c2cc(Br)ccc2Cl)nc(Cl)c1I. The highest BCUT2D eigenvalue weighted by atomic mass is 127. The first-order valence-electron chi connectivity index (χ1n) is 6.05. The fourth-order valence-corrected chi connectivity index (χ4v) is 2.99. The maximum absolute atomic E-state index is 6.24. The summed E-state index contributed by atoms with van der Waals surface area (Å²) in [5.41, 5.74) is 1.75. The summed E-state index contributed by atoms with van der Waals surface area (Å²) in [6.45, 7) is 4.30. The lowest BCUT2D eigenvalue weighted by Gasteiger charge is -2.11. The summed E-state index contributed by atoms with van der Waals surface area (Å²) < 4.78 is 1.84. The lowest BCUT2D eigenvalue weighted by atomic mass is 10.1. The van der Waals surface area contributed by atoms with Crippen LogP contribution in [0.5, 0.6) is 0 Å².